The maximum absolute atomic E-state index is 13.4. The number of hydrogen-bond acceptors (Lipinski definition) is 4. The topological polar surface area (TPSA) is 35.9 Å². The quantitative estimate of drug-likeness (QED) is 0.690. The number of rotatable bonds is 2. The molecule has 7 heteroatoms. The van der Waals surface area contributed by atoms with E-state index in [0.717, 1.165) is 13.1 Å². The molecule has 1 saturated heterocycles. The van der Waals surface area contributed by atoms with E-state index in [1.165, 1.54) is 12.1 Å². The van der Waals surface area contributed by atoms with Gasteiger partial charge in [-0.25, -0.2) is 4.39 Å². The number of benzene rings is 2. The second-order valence-electron chi connectivity index (χ2n) is 7.21. The summed E-state index contributed by atoms with van der Waals surface area (Å²) in [6, 6.07) is 12.9. The molecule has 0 atom stereocenters. The zero-order valence-corrected chi connectivity index (χ0v) is 16.9. The van der Waals surface area contributed by atoms with Gasteiger partial charge in [-0.1, -0.05) is 29.9 Å². The Balaban J connectivity index is 1.77. The number of aliphatic imine (C=N–C) groups is 1. The molecular formula is C21H19ClFN3OS. The summed E-state index contributed by atoms with van der Waals surface area (Å²) >= 11 is 11.8. The van der Waals surface area contributed by atoms with Gasteiger partial charge in [-0.05, 0) is 49.5 Å². The van der Waals surface area contributed by atoms with Crippen LogP contribution in [0.3, 0.4) is 0 Å². The van der Waals surface area contributed by atoms with Crippen LogP contribution in [0, 0.1) is 5.82 Å². The molecule has 4 rings (SSSR count). The van der Waals surface area contributed by atoms with Crippen molar-refractivity contribution in [2.24, 2.45) is 4.99 Å². The largest absolute Gasteiger partial charge is 0.306 e. The zero-order chi connectivity index (χ0) is 19.9. The van der Waals surface area contributed by atoms with Crippen molar-refractivity contribution in [1.82, 2.24) is 9.80 Å². The second-order valence-corrected chi connectivity index (χ2v) is 8.03. The third kappa shape index (κ3) is 3.36. The van der Waals surface area contributed by atoms with E-state index >= 15 is 0 Å². The number of likely N-dealkylation sites (tertiary alicyclic amines) is 1. The van der Waals surface area contributed by atoms with Crippen LogP contribution in [0.2, 0.25) is 5.02 Å². The van der Waals surface area contributed by atoms with Crippen molar-refractivity contribution in [3.05, 3.63) is 70.5 Å². The van der Waals surface area contributed by atoms with Crippen molar-refractivity contribution < 1.29 is 9.18 Å². The van der Waals surface area contributed by atoms with Crippen LogP contribution in [0.15, 0.2) is 53.5 Å². The average molecular weight is 416 g/mol. The fourth-order valence-electron chi connectivity index (χ4n) is 3.74. The first-order valence-corrected chi connectivity index (χ1v) is 9.87. The van der Waals surface area contributed by atoms with Crippen LogP contribution < -0.4 is 0 Å². The van der Waals surface area contributed by atoms with Gasteiger partial charge in [0.2, 0.25) is 0 Å². The number of thiocarbonyl (C=S) groups is 1. The highest BCUT2D eigenvalue weighted by molar-refractivity contribution is 7.82. The first-order valence-electron chi connectivity index (χ1n) is 9.08. The molecule has 0 aromatic heterocycles. The van der Waals surface area contributed by atoms with Crippen molar-refractivity contribution in [2.45, 2.75) is 18.5 Å². The van der Waals surface area contributed by atoms with Crippen LogP contribution in [-0.4, -0.2) is 52.2 Å². The van der Waals surface area contributed by atoms with Gasteiger partial charge in [-0.2, -0.15) is 0 Å². The van der Waals surface area contributed by atoms with E-state index in [-0.39, 0.29) is 11.7 Å². The Morgan fingerprint density at radius 1 is 1.18 bits per heavy atom. The van der Waals surface area contributed by atoms with Crippen molar-refractivity contribution in [3.63, 3.8) is 0 Å². The molecule has 1 fully saturated rings. The number of nitrogens with zero attached hydrogens (tertiary/aromatic N) is 3. The van der Waals surface area contributed by atoms with E-state index in [0.29, 0.717) is 39.7 Å². The van der Waals surface area contributed by atoms with E-state index in [9.17, 15) is 9.18 Å². The smallest absolute Gasteiger partial charge is 0.261 e. The average Bonchev–Trinajstić information content (AvgIpc) is 2.96. The minimum absolute atomic E-state index is 0.210. The number of amides is 1. The maximum Gasteiger partial charge on any atom is 0.261 e. The molecule has 2 aromatic rings. The molecule has 1 spiro atoms. The van der Waals surface area contributed by atoms with Crippen LogP contribution in [0.5, 0.6) is 0 Å². The highest BCUT2D eigenvalue weighted by Gasteiger charge is 2.49. The van der Waals surface area contributed by atoms with Crippen LogP contribution in [0.1, 0.15) is 28.8 Å². The van der Waals surface area contributed by atoms with Crippen LogP contribution >= 0.6 is 23.8 Å². The lowest BCUT2D eigenvalue weighted by molar-refractivity contribution is 0.0571. The summed E-state index contributed by atoms with van der Waals surface area (Å²) in [5.74, 6) is -0.535. The van der Waals surface area contributed by atoms with E-state index in [4.69, 9.17) is 28.8 Å². The Labute approximate surface area is 173 Å². The number of piperidine rings is 1. The van der Waals surface area contributed by atoms with Gasteiger partial charge in [-0.3, -0.25) is 14.7 Å². The van der Waals surface area contributed by atoms with Crippen LogP contribution in [0.4, 0.5) is 4.39 Å². The highest BCUT2D eigenvalue weighted by Crippen LogP contribution is 2.38. The van der Waals surface area contributed by atoms with Gasteiger partial charge < -0.3 is 4.90 Å². The van der Waals surface area contributed by atoms with Gasteiger partial charge >= 0.3 is 0 Å². The molecule has 0 N–H and O–H groups in total. The molecule has 28 heavy (non-hydrogen) atoms. The van der Waals surface area contributed by atoms with Crippen molar-refractivity contribution in [2.75, 3.05) is 20.1 Å². The summed E-state index contributed by atoms with van der Waals surface area (Å²) in [6.07, 6.45) is 1.36. The normalized spacial score (nSPS) is 19.2. The molecule has 2 aliphatic heterocycles. The molecule has 0 unspecified atom stereocenters. The number of hydrogen-bond donors (Lipinski definition) is 0. The lowest BCUT2D eigenvalue weighted by atomic mass is 9.95. The highest BCUT2D eigenvalue weighted by atomic mass is 35.5. The lowest BCUT2D eigenvalue weighted by Gasteiger charge is -2.41. The summed E-state index contributed by atoms with van der Waals surface area (Å²) in [5, 5.41) is 0.494. The van der Waals surface area contributed by atoms with Crippen LogP contribution in [-0.2, 0) is 0 Å². The summed E-state index contributed by atoms with van der Waals surface area (Å²) in [7, 11) is 2.05. The predicted octanol–water partition coefficient (Wildman–Crippen LogP) is 4.17. The lowest BCUT2D eigenvalue weighted by Crippen LogP contribution is -2.54. The Kier molecular flexibility index (Phi) is 5.04. The first kappa shape index (κ1) is 19.2. The minimum atomic E-state index is -0.716. The van der Waals surface area contributed by atoms with Gasteiger partial charge in [0.1, 0.15) is 22.2 Å². The molecule has 2 heterocycles. The standard InChI is InChI=1S/C21H19ClFN3OS/c1-25-11-9-21(10-12-25)24-18(14-5-7-17(23)8-6-14)20(28)26(21)19(27)15-3-2-4-16(22)13-15/h2-8,13H,9-12H2,1H3. The Hall–Kier alpha value is -2.15. The Morgan fingerprint density at radius 2 is 1.86 bits per heavy atom. The fourth-order valence-corrected chi connectivity index (χ4v) is 4.35. The van der Waals surface area contributed by atoms with E-state index in [1.807, 2.05) is 7.05 Å². The summed E-state index contributed by atoms with van der Waals surface area (Å²) in [4.78, 5) is 22.6. The molecule has 144 valence electrons. The summed E-state index contributed by atoms with van der Waals surface area (Å²) in [5.41, 5.74) is 1.04. The van der Waals surface area contributed by atoms with Crippen molar-refractivity contribution in [3.8, 4) is 0 Å². The van der Waals surface area contributed by atoms with Gasteiger partial charge in [-0.15, -0.1) is 0 Å². The third-order valence-corrected chi connectivity index (χ3v) is 5.93. The van der Waals surface area contributed by atoms with Gasteiger partial charge in [0.15, 0.2) is 0 Å². The number of halogens is 2. The summed E-state index contributed by atoms with van der Waals surface area (Å²) in [6.45, 7) is 1.62. The Morgan fingerprint density at radius 3 is 2.50 bits per heavy atom. The molecular weight excluding hydrogens is 397 g/mol. The molecule has 4 nitrogen and oxygen atoms in total. The molecule has 2 aromatic carbocycles. The SMILES string of the molecule is CN1CCC2(CC1)N=C(c1ccc(F)cc1)C(=S)N2C(=O)c1cccc(Cl)c1. The first-order chi connectivity index (χ1) is 13.4. The van der Waals surface area contributed by atoms with Gasteiger partial charge in [0, 0.05) is 42.1 Å². The van der Waals surface area contributed by atoms with Crippen molar-refractivity contribution >= 4 is 40.4 Å². The molecule has 0 bridgehead atoms. The maximum atomic E-state index is 13.4. The molecule has 1 amide bonds. The monoisotopic (exact) mass is 415 g/mol. The third-order valence-electron chi connectivity index (χ3n) is 5.32. The number of carbonyl (C=O) groups is 1. The van der Waals surface area contributed by atoms with Gasteiger partial charge in [0.25, 0.3) is 5.91 Å². The van der Waals surface area contributed by atoms with E-state index in [2.05, 4.69) is 4.90 Å². The fraction of sp³-hybridized carbons (Fsp3) is 0.286. The Bertz CT molecular complexity index is 968. The minimum Gasteiger partial charge on any atom is -0.306 e. The summed E-state index contributed by atoms with van der Waals surface area (Å²) < 4.78 is 13.4. The predicted molar refractivity (Wildman–Crippen MR) is 113 cm³/mol. The second kappa shape index (κ2) is 7.35. The molecule has 0 aliphatic carbocycles. The molecule has 0 radical (unpaired) electrons. The van der Waals surface area contributed by atoms with Crippen LogP contribution in [0.25, 0.3) is 0 Å². The van der Waals surface area contributed by atoms with Gasteiger partial charge in [0.05, 0.1) is 0 Å². The number of carbonyl (C=O) groups excluding carboxylic acids is 1. The van der Waals surface area contributed by atoms with Crippen molar-refractivity contribution in [1.29, 1.82) is 0 Å². The van der Waals surface area contributed by atoms with E-state index in [1.54, 1.807) is 41.3 Å². The zero-order valence-electron chi connectivity index (χ0n) is 15.4. The van der Waals surface area contributed by atoms with E-state index < -0.39 is 5.66 Å². The molecule has 0 saturated carbocycles. The molecule has 2 aliphatic rings.